The normalized spacial score (nSPS) is 21.0. The molecule has 0 saturated carbocycles. The van der Waals surface area contributed by atoms with E-state index in [4.69, 9.17) is 5.73 Å². The zero-order chi connectivity index (χ0) is 12.7. The van der Waals surface area contributed by atoms with Crippen molar-refractivity contribution in [2.45, 2.75) is 46.1 Å². The van der Waals surface area contributed by atoms with E-state index in [1.54, 1.807) is 0 Å². The second-order valence-corrected chi connectivity index (χ2v) is 5.73. The Morgan fingerprint density at radius 2 is 1.53 bits per heavy atom. The molecule has 0 unspecified atom stereocenters. The quantitative estimate of drug-likeness (QED) is 0.737. The average molecular weight is 241 g/mol. The Hall–Kier alpha value is -0.120. The highest BCUT2D eigenvalue weighted by molar-refractivity contribution is 4.74. The maximum atomic E-state index is 6.09. The van der Waals surface area contributed by atoms with E-state index >= 15 is 0 Å². The first kappa shape index (κ1) is 14.9. The van der Waals surface area contributed by atoms with Crippen LogP contribution in [0.4, 0.5) is 0 Å². The summed E-state index contributed by atoms with van der Waals surface area (Å²) in [6, 6.07) is 0.369. The number of nitrogens with zero attached hydrogens (tertiary/aromatic N) is 2. The lowest BCUT2D eigenvalue weighted by molar-refractivity contribution is 0.127. The molecule has 0 amide bonds. The first-order chi connectivity index (χ1) is 8.13. The molecule has 1 aliphatic rings. The van der Waals surface area contributed by atoms with Crippen LogP contribution in [0, 0.1) is 5.92 Å². The molecule has 1 heterocycles. The standard InChI is InChI=1S/C14H31N3/c1-4-5-7-16-9-11-17(12-10-16)8-6-14(15)13(2)3/h13-14H,4-12,15H2,1-3H3/t14-/m0/s1. The SMILES string of the molecule is CCCCN1CCN(CC[C@H](N)C(C)C)CC1. The summed E-state index contributed by atoms with van der Waals surface area (Å²) in [6.45, 7) is 14.1. The molecule has 1 saturated heterocycles. The molecule has 102 valence electrons. The van der Waals surface area contributed by atoms with Gasteiger partial charge in [0.05, 0.1) is 0 Å². The third-order valence-electron chi connectivity index (χ3n) is 3.93. The minimum atomic E-state index is 0.369. The van der Waals surface area contributed by atoms with Crippen LogP contribution >= 0.6 is 0 Å². The third-order valence-corrected chi connectivity index (χ3v) is 3.93. The summed E-state index contributed by atoms with van der Waals surface area (Å²) in [4.78, 5) is 5.17. The summed E-state index contributed by atoms with van der Waals surface area (Å²) in [6.07, 6.45) is 3.80. The Kier molecular flexibility index (Phi) is 7.09. The molecule has 0 bridgehead atoms. The largest absolute Gasteiger partial charge is 0.327 e. The summed E-state index contributed by atoms with van der Waals surface area (Å²) in [5, 5.41) is 0. The smallest absolute Gasteiger partial charge is 0.0110 e. The average Bonchev–Trinajstić information content (AvgIpc) is 2.34. The van der Waals surface area contributed by atoms with Gasteiger partial charge in [-0.05, 0) is 31.8 Å². The number of unbranched alkanes of at least 4 members (excludes halogenated alkanes) is 1. The maximum Gasteiger partial charge on any atom is 0.0110 e. The zero-order valence-corrected chi connectivity index (χ0v) is 12.0. The van der Waals surface area contributed by atoms with Crippen LogP contribution in [0.5, 0.6) is 0 Å². The molecule has 3 nitrogen and oxygen atoms in total. The van der Waals surface area contributed by atoms with E-state index in [9.17, 15) is 0 Å². The van der Waals surface area contributed by atoms with Crippen molar-refractivity contribution >= 4 is 0 Å². The lowest BCUT2D eigenvalue weighted by Gasteiger charge is -2.35. The Morgan fingerprint density at radius 3 is 2.00 bits per heavy atom. The molecule has 0 aromatic carbocycles. The molecule has 1 fully saturated rings. The molecule has 0 aromatic heterocycles. The second-order valence-electron chi connectivity index (χ2n) is 5.73. The van der Waals surface area contributed by atoms with E-state index in [0.29, 0.717) is 12.0 Å². The fourth-order valence-electron chi connectivity index (χ4n) is 2.28. The molecule has 0 aromatic rings. The van der Waals surface area contributed by atoms with Crippen molar-refractivity contribution in [2.75, 3.05) is 39.3 Å². The monoisotopic (exact) mass is 241 g/mol. The number of piperazine rings is 1. The highest BCUT2D eigenvalue weighted by Gasteiger charge is 2.17. The lowest BCUT2D eigenvalue weighted by atomic mass is 10.0. The van der Waals surface area contributed by atoms with Gasteiger partial charge in [-0.25, -0.2) is 0 Å². The van der Waals surface area contributed by atoms with Gasteiger partial charge in [0.25, 0.3) is 0 Å². The third kappa shape index (κ3) is 5.84. The molecule has 3 heteroatoms. The molecular weight excluding hydrogens is 210 g/mol. The van der Waals surface area contributed by atoms with Crippen LogP contribution in [0.3, 0.4) is 0 Å². The van der Waals surface area contributed by atoms with Crippen LogP contribution in [0.2, 0.25) is 0 Å². The zero-order valence-electron chi connectivity index (χ0n) is 12.0. The fourth-order valence-corrected chi connectivity index (χ4v) is 2.28. The van der Waals surface area contributed by atoms with Crippen LogP contribution in [-0.2, 0) is 0 Å². The van der Waals surface area contributed by atoms with Gasteiger partial charge in [0.1, 0.15) is 0 Å². The first-order valence-electron chi connectivity index (χ1n) is 7.33. The summed E-state index contributed by atoms with van der Waals surface area (Å²) in [7, 11) is 0. The van der Waals surface area contributed by atoms with Gasteiger partial charge < -0.3 is 15.5 Å². The number of hydrogen-bond acceptors (Lipinski definition) is 3. The van der Waals surface area contributed by atoms with Gasteiger partial charge in [-0.1, -0.05) is 27.2 Å². The minimum absolute atomic E-state index is 0.369. The van der Waals surface area contributed by atoms with Gasteiger partial charge in [-0.15, -0.1) is 0 Å². The van der Waals surface area contributed by atoms with E-state index in [1.165, 1.54) is 52.1 Å². The van der Waals surface area contributed by atoms with Crippen molar-refractivity contribution < 1.29 is 0 Å². The van der Waals surface area contributed by atoms with Crippen LogP contribution in [0.15, 0.2) is 0 Å². The predicted octanol–water partition coefficient (Wildman–Crippen LogP) is 1.78. The van der Waals surface area contributed by atoms with E-state index in [0.717, 1.165) is 6.42 Å². The second kappa shape index (κ2) is 8.06. The highest BCUT2D eigenvalue weighted by Crippen LogP contribution is 2.07. The molecule has 0 aliphatic carbocycles. The first-order valence-corrected chi connectivity index (χ1v) is 7.33. The van der Waals surface area contributed by atoms with Crippen LogP contribution in [0.25, 0.3) is 0 Å². The molecule has 1 rings (SSSR count). The van der Waals surface area contributed by atoms with Crippen molar-refractivity contribution in [2.24, 2.45) is 11.7 Å². The van der Waals surface area contributed by atoms with Gasteiger partial charge >= 0.3 is 0 Å². The van der Waals surface area contributed by atoms with Crippen molar-refractivity contribution in [1.29, 1.82) is 0 Å². The summed E-state index contributed by atoms with van der Waals surface area (Å²) in [5.74, 6) is 0.612. The van der Waals surface area contributed by atoms with E-state index in [2.05, 4.69) is 30.6 Å². The number of rotatable bonds is 7. The van der Waals surface area contributed by atoms with Crippen molar-refractivity contribution in [3.63, 3.8) is 0 Å². The molecule has 1 aliphatic heterocycles. The highest BCUT2D eigenvalue weighted by atomic mass is 15.3. The molecular formula is C14H31N3. The van der Waals surface area contributed by atoms with Crippen LogP contribution < -0.4 is 5.73 Å². The van der Waals surface area contributed by atoms with Crippen LogP contribution in [-0.4, -0.2) is 55.1 Å². The van der Waals surface area contributed by atoms with Gasteiger partial charge in [-0.2, -0.15) is 0 Å². The summed E-state index contributed by atoms with van der Waals surface area (Å²) < 4.78 is 0. The topological polar surface area (TPSA) is 32.5 Å². The minimum Gasteiger partial charge on any atom is -0.327 e. The Labute approximate surface area is 107 Å². The van der Waals surface area contributed by atoms with Gasteiger partial charge in [0.2, 0.25) is 0 Å². The van der Waals surface area contributed by atoms with Gasteiger partial charge in [-0.3, -0.25) is 0 Å². The molecule has 0 radical (unpaired) electrons. The van der Waals surface area contributed by atoms with E-state index in [-0.39, 0.29) is 0 Å². The Bertz CT molecular complexity index is 186. The summed E-state index contributed by atoms with van der Waals surface area (Å²) in [5.41, 5.74) is 6.09. The maximum absolute atomic E-state index is 6.09. The van der Waals surface area contributed by atoms with Gasteiger partial charge in [0, 0.05) is 32.2 Å². The van der Waals surface area contributed by atoms with E-state index < -0.39 is 0 Å². The Balaban J connectivity index is 2.10. The van der Waals surface area contributed by atoms with Crippen molar-refractivity contribution in [3.8, 4) is 0 Å². The van der Waals surface area contributed by atoms with Crippen molar-refractivity contribution in [1.82, 2.24) is 9.80 Å². The predicted molar refractivity (Wildman–Crippen MR) is 75.2 cm³/mol. The number of hydrogen-bond donors (Lipinski definition) is 1. The van der Waals surface area contributed by atoms with Crippen molar-refractivity contribution in [3.05, 3.63) is 0 Å². The van der Waals surface area contributed by atoms with E-state index in [1.807, 2.05) is 0 Å². The fraction of sp³-hybridized carbons (Fsp3) is 1.00. The summed E-state index contributed by atoms with van der Waals surface area (Å²) >= 11 is 0. The molecule has 1 atom stereocenters. The lowest BCUT2D eigenvalue weighted by Crippen LogP contribution is -2.47. The molecule has 0 spiro atoms. The molecule has 2 N–H and O–H groups in total. The Morgan fingerprint density at radius 1 is 1.00 bits per heavy atom. The number of nitrogens with two attached hydrogens (primary N) is 1. The van der Waals surface area contributed by atoms with Gasteiger partial charge in [0.15, 0.2) is 0 Å². The molecule has 17 heavy (non-hydrogen) atoms. The van der Waals surface area contributed by atoms with Crippen LogP contribution in [0.1, 0.15) is 40.0 Å².